The van der Waals surface area contributed by atoms with Crippen molar-refractivity contribution in [2.45, 2.75) is 19.4 Å². The summed E-state index contributed by atoms with van der Waals surface area (Å²) in [5.41, 5.74) is 1.41. The number of hydrogen-bond donors (Lipinski definition) is 1. The second kappa shape index (κ2) is 7.95. The van der Waals surface area contributed by atoms with E-state index in [2.05, 4.69) is 73.5 Å². The van der Waals surface area contributed by atoms with Gasteiger partial charge in [-0.15, -0.1) is 4.68 Å². The fourth-order valence-corrected chi connectivity index (χ4v) is 3.43. The van der Waals surface area contributed by atoms with Crippen LogP contribution in [-0.4, -0.2) is 44.6 Å². The van der Waals surface area contributed by atoms with E-state index in [9.17, 15) is 0 Å². The van der Waals surface area contributed by atoms with E-state index in [4.69, 9.17) is 0 Å². The van der Waals surface area contributed by atoms with E-state index < -0.39 is 0 Å². The van der Waals surface area contributed by atoms with Gasteiger partial charge in [0.1, 0.15) is 0 Å². The van der Waals surface area contributed by atoms with Crippen molar-refractivity contribution in [1.82, 2.24) is 24.4 Å². The molecule has 0 aromatic carbocycles. The van der Waals surface area contributed by atoms with Gasteiger partial charge >= 0.3 is 7.12 Å². The second-order valence-corrected chi connectivity index (χ2v) is 6.55. The van der Waals surface area contributed by atoms with Gasteiger partial charge in [-0.3, -0.25) is 4.59 Å². The van der Waals surface area contributed by atoms with Crippen molar-refractivity contribution in [2.24, 2.45) is 0 Å². The Balaban J connectivity index is 1.50. The molecule has 2 aromatic heterocycles. The van der Waals surface area contributed by atoms with Crippen molar-refractivity contribution in [2.75, 3.05) is 13.1 Å². The summed E-state index contributed by atoms with van der Waals surface area (Å²) in [6, 6.07) is 4.01. The van der Waals surface area contributed by atoms with E-state index in [1.807, 2.05) is 35.3 Å². The Morgan fingerprint density at radius 3 is 2.88 bits per heavy atom. The van der Waals surface area contributed by atoms with Gasteiger partial charge in [0, 0.05) is 31.5 Å². The topological polar surface area (TPSA) is 44.0 Å². The van der Waals surface area contributed by atoms with Crippen LogP contribution in [0.2, 0.25) is 0 Å². The molecule has 2 aliphatic rings. The molecule has 7 heteroatoms. The van der Waals surface area contributed by atoms with E-state index in [1.54, 1.807) is 0 Å². The highest BCUT2D eigenvalue weighted by Crippen LogP contribution is 2.15. The molecule has 4 heterocycles. The lowest BCUT2D eigenvalue weighted by atomic mass is 9.86. The molecule has 4 rings (SSSR count). The monoisotopic (exact) mass is 347 g/mol. The van der Waals surface area contributed by atoms with Gasteiger partial charge in [-0.2, -0.15) is 10.2 Å². The van der Waals surface area contributed by atoms with Crippen molar-refractivity contribution < 1.29 is 4.68 Å². The summed E-state index contributed by atoms with van der Waals surface area (Å²) < 4.78 is 4.13. The highest BCUT2D eigenvalue weighted by molar-refractivity contribution is 6.51. The van der Waals surface area contributed by atoms with Gasteiger partial charge in [0.15, 0.2) is 12.7 Å². The summed E-state index contributed by atoms with van der Waals surface area (Å²) in [4.78, 5) is 4.72. The number of nitrogens with one attached hydrogen (secondary N) is 1. The minimum absolute atomic E-state index is 0.0447. The van der Waals surface area contributed by atoms with Gasteiger partial charge in [0.2, 0.25) is 0 Å². The number of aromatic amines is 1. The predicted molar refractivity (Wildman–Crippen MR) is 103 cm³/mol. The van der Waals surface area contributed by atoms with Gasteiger partial charge in [-0.1, -0.05) is 18.2 Å². The summed E-state index contributed by atoms with van der Waals surface area (Å²) in [6.07, 6.45) is 25.1. The largest absolute Gasteiger partial charge is 0.525 e. The molecule has 0 saturated heterocycles. The SMILES string of the molecule is C1=CCCN(B(N2C=CC=C(C[n+]3ccc[nH]3)CC2)n2cccn2)C=C1. The Hall–Kier alpha value is -2.96. The molecule has 0 fully saturated rings. The molecule has 0 bridgehead atoms. The first-order valence-electron chi connectivity index (χ1n) is 9.13. The lowest BCUT2D eigenvalue weighted by Crippen LogP contribution is -2.54. The third-order valence-electron chi connectivity index (χ3n) is 4.71. The molecule has 0 saturated carbocycles. The number of rotatable bonds is 5. The first-order valence-corrected chi connectivity index (χ1v) is 9.13. The molecule has 0 aliphatic carbocycles. The van der Waals surface area contributed by atoms with E-state index in [0.717, 1.165) is 32.5 Å². The van der Waals surface area contributed by atoms with E-state index in [0.29, 0.717) is 0 Å². The molecule has 2 aromatic rings. The number of allylic oxidation sites excluding steroid dienone is 4. The Kier molecular flexibility index (Phi) is 5.05. The standard InChI is InChI=1S/C19H23BN6/c1-2-4-13-23(12-3-1)20(26-16-7-11-22-26)24-14-5-8-19(9-17-24)18-25-15-6-10-21-25/h1-3,5-8,10-12,14-16H,4,9,13,17-18H2/p+1. The zero-order chi connectivity index (χ0) is 17.6. The maximum absolute atomic E-state index is 4.53. The Morgan fingerprint density at radius 1 is 1.12 bits per heavy atom. The molecule has 26 heavy (non-hydrogen) atoms. The molecule has 0 amide bonds. The van der Waals surface area contributed by atoms with Crippen molar-refractivity contribution in [1.29, 1.82) is 0 Å². The fraction of sp³-hybridized carbons (Fsp3) is 0.263. The molecule has 1 N–H and O–H groups in total. The van der Waals surface area contributed by atoms with Gasteiger partial charge in [0.05, 0.1) is 6.20 Å². The molecular formula is C19H24BN6+. The Bertz CT molecular complexity index is 803. The normalized spacial score (nSPS) is 17.2. The minimum atomic E-state index is 0.0447. The third-order valence-corrected chi connectivity index (χ3v) is 4.71. The molecule has 0 atom stereocenters. The van der Waals surface area contributed by atoms with Crippen LogP contribution in [0.4, 0.5) is 0 Å². The lowest BCUT2D eigenvalue weighted by molar-refractivity contribution is -0.743. The number of aromatic nitrogens is 4. The molecule has 0 radical (unpaired) electrons. The highest BCUT2D eigenvalue weighted by Gasteiger charge is 2.32. The van der Waals surface area contributed by atoms with Crippen molar-refractivity contribution in [3.05, 3.63) is 85.3 Å². The molecule has 2 aliphatic heterocycles. The van der Waals surface area contributed by atoms with Crippen LogP contribution in [0.5, 0.6) is 0 Å². The molecule has 0 unspecified atom stereocenters. The van der Waals surface area contributed by atoms with Crippen LogP contribution in [0.25, 0.3) is 0 Å². The van der Waals surface area contributed by atoms with Crippen LogP contribution in [0, 0.1) is 0 Å². The number of H-pyrrole nitrogens is 1. The van der Waals surface area contributed by atoms with Crippen LogP contribution < -0.4 is 4.68 Å². The Morgan fingerprint density at radius 2 is 2.04 bits per heavy atom. The fourth-order valence-electron chi connectivity index (χ4n) is 3.43. The molecular weight excluding hydrogens is 323 g/mol. The summed E-state index contributed by atoms with van der Waals surface area (Å²) in [5, 5.41) is 7.75. The van der Waals surface area contributed by atoms with Crippen LogP contribution in [0.15, 0.2) is 85.3 Å². The summed E-state index contributed by atoms with van der Waals surface area (Å²) in [6.45, 7) is 2.82. The smallest absolute Gasteiger partial charge is 0.381 e. The van der Waals surface area contributed by atoms with Gasteiger partial charge < -0.3 is 9.62 Å². The van der Waals surface area contributed by atoms with Gasteiger partial charge in [-0.05, 0) is 49.0 Å². The van der Waals surface area contributed by atoms with Gasteiger partial charge in [0.25, 0.3) is 0 Å². The van der Waals surface area contributed by atoms with E-state index >= 15 is 0 Å². The second-order valence-electron chi connectivity index (χ2n) is 6.55. The average molecular weight is 347 g/mol. The quantitative estimate of drug-likeness (QED) is 0.664. The summed E-state index contributed by atoms with van der Waals surface area (Å²) in [7, 11) is 0.0447. The lowest BCUT2D eigenvalue weighted by Gasteiger charge is -2.34. The summed E-state index contributed by atoms with van der Waals surface area (Å²) >= 11 is 0. The molecule has 132 valence electrons. The van der Waals surface area contributed by atoms with Crippen LogP contribution in [0.1, 0.15) is 12.8 Å². The zero-order valence-corrected chi connectivity index (χ0v) is 14.9. The van der Waals surface area contributed by atoms with Crippen LogP contribution in [-0.2, 0) is 6.54 Å². The van der Waals surface area contributed by atoms with Crippen molar-refractivity contribution >= 4 is 7.12 Å². The zero-order valence-electron chi connectivity index (χ0n) is 14.9. The highest BCUT2D eigenvalue weighted by atomic mass is 15.4. The van der Waals surface area contributed by atoms with Gasteiger partial charge in [-0.25, -0.2) is 0 Å². The van der Waals surface area contributed by atoms with Crippen molar-refractivity contribution in [3.63, 3.8) is 0 Å². The third kappa shape index (κ3) is 3.82. The number of hydrogen-bond acceptors (Lipinski definition) is 3. The first-order chi connectivity index (χ1) is 12.9. The maximum atomic E-state index is 4.53. The minimum Gasteiger partial charge on any atom is -0.381 e. The average Bonchev–Trinajstić information content (AvgIpc) is 3.23. The first kappa shape index (κ1) is 16.5. The maximum Gasteiger partial charge on any atom is 0.525 e. The van der Waals surface area contributed by atoms with Crippen LogP contribution >= 0.6 is 0 Å². The van der Waals surface area contributed by atoms with Crippen LogP contribution in [0.3, 0.4) is 0 Å². The summed E-state index contributed by atoms with van der Waals surface area (Å²) in [5.74, 6) is 0. The van der Waals surface area contributed by atoms with E-state index in [-0.39, 0.29) is 7.12 Å². The molecule has 0 spiro atoms. The van der Waals surface area contributed by atoms with Crippen molar-refractivity contribution in [3.8, 4) is 0 Å². The Labute approximate surface area is 154 Å². The van der Waals surface area contributed by atoms with E-state index in [1.165, 1.54) is 5.57 Å². The molecule has 6 nitrogen and oxygen atoms in total. The number of nitrogens with zero attached hydrogens (tertiary/aromatic N) is 5. The predicted octanol–water partition coefficient (Wildman–Crippen LogP) is 1.95.